The third-order valence-electron chi connectivity index (χ3n) is 3.91. The molecule has 0 spiro atoms. The average Bonchev–Trinajstić information content (AvgIpc) is 2.73. The molecule has 2 aliphatic heterocycles. The van der Waals surface area contributed by atoms with Crippen LogP contribution >= 0.6 is 0 Å². The molecule has 5 heteroatoms. The minimum atomic E-state index is -0.421. The molecule has 20 heavy (non-hydrogen) atoms. The second-order valence-electron chi connectivity index (χ2n) is 5.64. The van der Waals surface area contributed by atoms with Gasteiger partial charge in [0.05, 0.1) is 18.2 Å². The molecule has 1 amide bonds. The number of nitrogens with one attached hydrogen (secondary N) is 1. The van der Waals surface area contributed by atoms with Crippen molar-refractivity contribution in [2.24, 2.45) is 0 Å². The number of benzene rings is 1. The number of carbonyl (C=O) groups is 1. The van der Waals surface area contributed by atoms with Gasteiger partial charge < -0.3 is 19.5 Å². The fourth-order valence-electron chi connectivity index (χ4n) is 2.93. The molecular formula is C15H19NO4. The van der Waals surface area contributed by atoms with Gasteiger partial charge in [0, 0.05) is 6.42 Å². The van der Waals surface area contributed by atoms with Gasteiger partial charge in [-0.3, -0.25) is 0 Å². The van der Waals surface area contributed by atoms with Gasteiger partial charge in [-0.25, -0.2) is 4.79 Å². The summed E-state index contributed by atoms with van der Waals surface area (Å²) in [6.45, 7) is 4.37. The topological polar surface area (TPSA) is 56.8 Å². The van der Waals surface area contributed by atoms with Crippen molar-refractivity contribution in [3.8, 4) is 0 Å². The molecule has 0 radical (unpaired) electrons. The van der Waals surface area contributed by atoms with E-state index >= 15 is 0 Å². The largest absolute Gasteiger partial charge is 0.441 e. The lowest BCUT2D eigenvalue weighted by atomic mass is 9.86. The fraction of sp³-hybridized carbons (Fsp3) is 0.533. The summed E-state index contributed by atoms with van der Waals surface area (Å²) >= 11 is 0. The first-order valence-electron chi connectivity index (χ1n) is 6.87. The lowest BCUT2D eigenvalue weighted by Gasteiger charge is -2.41. The van der Waals surface area contributed by atoms with Crippen molar-refractivity contribution in [2.45, 2.75) is 50.9 Å². The van der Waals surface area contributed by atoms with E-state index in [-0.39, 0.29) is 24.6 Å². The van der Waals surface area contributed by atoms with E-state index in [1.165, 1.54) is 0 Å². The molecule has 2 saturated heterocycles. The molecule has 0 aliphatic carbocycles. The summed E-state index contributed by atoms with van der Waals surface area (Å²) in [5, 5.41) is 2.87. The van der Waals surface area contributed by atoms with Gasteiger partial charge in [-0.2, -0.15) is 0 Å². The summed E-state index contributed by atoms with van der Waals surface area (Å²) in [6.07, 6.45) is -0.578. The Labute approximate surface area is 118 Å². The van der Waals surface area contributed by atoms with Gasteiger partial charge in [0.2, 0.25) is 0 Å². The van der Waals surface area contributed by atoms with E-state index in [2.05, 4.69) is 5.32 Å². The Balaban J connectivity index is 1.63. The number of fused-ring (bicyclic) bond motifs is 1. The first kappa shape index (κ1) is 13.4. The maximum absolute atomic E-state index is 11.4. The number of hydrogen-bond donors (Lipinski definition) is 1. The summed E-state index contributed by atoms with van der Waals surface area (Å²) in [6, 6.07) is 9.95. The molecule has 1 aromatic rings. The van der Waals surface area contributed by atoms with E-state index in [9.17, 15) is 4.79 Å². The minimum Gasteiger partial charge on any atom is -0.441 e. The van der Waals surface area contributed by atoms with E-state index in [0.717, 1.165) is 5.56 Å². The smallest absolute Gasteiger partial charge is 0.408 e. The van der Waals surface area contributed by atoms with Gasteiger partial charge in [0.15, 0.2) is 12.4 Å². The lowest BCUT2D eigenvalue weighted by Crippen LogP contribution is -2.57. The highest BCUT2D eigenvalue weighted by Gasteiger charge is 2.53. The van der Waals surface area contributed by atoms with Gasteiger partial charge in [-0.05, 0) is 19.4 Å². The average molecular weight is 277 g/mol. The molecule has 1 aromatic carbocycles. The van der Waals surface area contributed by atoms with E-state index in [1.807, 2.05) is 44.2 Å². The van der Waals surface area contributed by atoms with Crippen LogP contribution in [0.2, 0.25) is 0 Å². The van der Waals surface area contributed by atoms with Gasteiger partial charge >= 0.3 is 6.09 Å². The maximum atomic E-state index is 11.4. The second-order valence-corrected chi connectivity index (χ2v) is 5.64. The molecule has 0 bridgehead atoms. The van der Waals surface area contributed by atoms with Crippen molar-refractivity contribution in [3.05, 3.63) is 35.9 Å². The highest BCUT2D eigenvalue weighted by molar-refractivity contribution is 5.71. The van der Waals surface area contributed by atoms with Crippen LogP contribution in [0, 0.1) is 0 Å². The SMILES string of the molecule is C[C@H]1O[C@H](OCc2ccccc2)C[C@]2(C)NC(=O)O[C@H]12. The van der Waals surface area contributed by atoms with Crippen LogP contribution in [0.15, 0.2) is 30.3 Å². The predicted octanol–water partition coefficient (Wildman–Crippen LogP) is 2.21. The van der Waals surface area contributed by atoms with E-state index < -0.39 is 5.54 Å². The molecule has 0 aromatic heterocycles. The van der Waals surface area contributed by atoms with Crippen molar-refractivity contribution < 1.29 is 19.0 Å². The Kier molecular flexibility index (Phi) is 3.40. The number of carbonyl (C=O) groups excluding carboxylic acids is 1. The van der Waals surface area contributed by atoms with Crippen LogP contribution in [0.1, 0.15) is 25.8 Å². The lowest BCUT2D eigenvalue weighted by molar-refractivity contribution is -0.233. The molecule has 0 saturated carbocycles. The molecule has 108 valence electrons. The zero-order chi connectivity index (χ0) is 14.2. The van der Waals surface area contributed by atoms with Crippen molar-refractivity contribution >= 4 is 6.09 Å². The van der Waals surface area contributed by atoms with Gasteiger partial charge in [-0.1, -0.05) is 30.3 Å². The van der Waals surface area contributed by atoms with Crippen LogP contribution in [-0.4, -0.2) is 30.1 Å². The van der Waals surface area contributed by atoms with Gasteiger partial charge in [0.25, 0.3) is 0 Å². The summed E-state index contributed by atoms with van der Waals surface area (Å²) in [7, 11) is 0. The molecule has 0 unspecified atom stereocenters. The van der Waals surface area contributed by atoms with Crippen LogP contribution < -0.4 is 5.32 Å². The van der Waals surface area contributed by atoms with Crippen LogP contribution in [0.25, 0.3) is 0 Å². The van der Waals surface area contributed by atoms with Crippen LogP contribution in [-0.2, 0) is 20.8 Å². The van der Waals surface area contributed by atoms with Gasteiger partial charge in [0.1, 0.15) is 0 Å². The summed E-state index contributed by atoms with van der Waals surface area (Å²) in [5.74, 6) is 0. The Hall–Kier alpha value is -1.59. The molecule has 2 aliphatic rings. The Morgan fingerprint density at radius 3 is 2.90 bits per heavy atom. The van der Waals surface area contributed by atoms with Crippen LogP contribution in [0.4, 0.5) is 4.79 Å². The number of amides is 1. The summed E-state index contributed by atoms with van der Waals surface area (Å²) in [4.78, 5) is 11.4. The third kappa shape index (κ3) is 2.51. The second kappa shape index (κ2) is 5.07. The Bertz CT molecular complexity index is 492. The monoisotopic (exact) mass is 277 g/mol. The highest BCUT2D eigenvalue weighted by Crippen LogP contribution is 2.35. The molecule has 2 heterocycles. The fourth-order valence-corrected chi connectivity index (χ4v) is 2.93. The predicted molar refractivity (Wildman–Crippen MR) is 72.0 cm³/mol. The minimum absolute atomic E-state index is 0.187. The Morgan fingerprint density at radius 2 is 2.15 bits per heavy atom. The molecule has 3 rings (SSSR count). The van der Waals surface area contributed by atoms with Gasteiger partial charge in [-0.15, -0.1) is 0 Å². The quantitative estimate of drug-likeness (QED) is 0.920. The van der Waals surface area contributed by atoms with E-state index in [0.29, 0.717) is 13.0 Å². The number of hydrogen-bond acceptors (Lipinski definition) is 4. The molecule has 1 N–H and O–H groups in total. The van der Waals surface area contributed by atoms with Crippen molar-refractivity contribution in [1.29, 1.82) is 0 Å². The third-order valence-corrected chi connectivity index (χ3v) is 3.91. The first-order chi connectivity index (χ1) is 9.57. The molecule has 5 nitrogen and oxygen atoms in total. The molecule has 4 atom stereocenters. The summed E-state index contributed by atoms with van der Waals surface area (Å²) < 4.78 is 16.9. The van der Waals surface area contributed by atoms with E-state index in [1.54, 1.807) is 0 Å². The van der Waals surface area contributed by atoms with Crippen molar-refractivity contribution in [1.82, 2.24) is 5.32 Å². The number of rotatable bonds is 3. The van der Waals surface area contributed by atoms with Crippen molar-refractivity contribution in [3.63, 3.8) is 0 Å². The highest BCUT2D eigenvalue weighted by atomic mass is 16.7. The molecular weight excluding hydrogens is 258 g/mol. The van der Waals surface area contributed by atoms with Crippen LogP contribution in [0.3, 0.4) is 0 Å². The number of ether oxygens (including phenoxy) is 3. The van der Waals surface area contributed by atoms with E-state index in [4.69, 9.17) is 14.2 Å². The number of alkyl carbamates (subject to hydrolysis) is 1. The first-order valence-corrected chi connectivity index (χ1v) is 6.87. The zero-order valence-corrected chi connectivity index (χ0v) is 11.7. The Morgan fingerprint density at radius 1 is 1.40 bits per heavy atom. The molecule has 2 fully saturated rings. The standard InChI is InChI=1S/C15H19NO4/c1-10-13-15(2,16-14(17)20-13)8-12(19-10)18-9-11-6-4-3-5-7-11/h3-7,10,12-13H,8-9H2,1-2H3,(H,16,17)/t10-,12+,13-,15+/m1/s1. The van der Waals surface area contributed by atoms with Crippen molar-refractivity contribution in [2.75, 3.05) is 0 Å². The van der Waals surface area contributed by atoms with Crippen LogP contribution in [0.5, 0.6) is 0 Å². The normalized spacial score (nSPS) is 36.1. The zero-order valence-electron chi connectivity index (χ0n) is 11.7. The maximum Gasteiger partial charge on any atom is 0.408 e. The summed E-state index contributed by atoms with van der Waals surface area (Å²) in [5.41, 5.74) is 0.679.